The topological polar surface area (TPSA) is 117 Å². The highest BCUT2D eigenvalue weighted by Crippen LogP contribution is 2.32. The molecule has 1 aromatic heterocycles. The molecule has 1 aliphatic carbocycles. The molecule has 0 radical (unpaired) electrons. The molecule has 0 aliphatic heterocycles. The summed E-state index contributed by atoms with van der Waals surface area (Å²) in [7, 11) is -3.53. The van der Waals surface area contributed by atoms with Gasteiger partial charge in [-0.2, -0.15) is 0 Å². The largest absolute Gasteiger partial charge is 0.474 e. The summed E-state index contributed by atoms with van der Waals surface area (Å²) in [5.74, 6) is -0.545. The maximum absolute atomic E-state index is 14.4. The van der Waals surface area contributed by atoms with Crippen molar-refractivity contribution in [1.29, 1.82) is 0 Å². The van der Waals surface area contributed by atoms with E-state index in [0.717, 1.165) is 25.2 Å². The van der Waals surface area contributed by atoms with Gasteiger partial charge in [0.15, 0.2) is 21.4 Å². The summed E-state index contributed by atoms with van der Waals surface area (Å²) < 4.78 is 54.2. The third kappa shape index (κ3) is 6.77. The first-order chi connectivity index (χ1) is 15.5. The number of alkyl carbamates (subject to hydrolysis) is 1. The van der Waals surface area contributed by atoms with E-state index in [1.54, 1.807) is 20.8 Å². The number of rotatable bonds is 7. The summed E-state index contributed by atoms with van der Waals surface area (Å²) >= 11 is 0. The first-order valence-electron chi connectivity index (χ1n) is 10.7. The van der Waals surface area contributed by atoms with Crippen LogP contribution in [0.15, 0.2) is 29.4 Å². The van der Waals surface area contributed by atoms with E-state index in [-0.39, 0.29) is 34.8 Å². The molecule has 0 unspecified atom stereocenters. The molecule has 1 aromatic carbocycles. The number of hydrogen-bond acceptors (Lipinski definition) is 8. The fourth-order valence-corrected chi connectivity index (χ4v) is 4.07. The van der Waals surface area contributed by atoms with E-state index in [2.05, 4.69) is 15.3 Å². The predicted octanol–water partition coefficient (Wildman–Crippen LogP) is 3.94. The molecular weight excluding hydrogens is 453 g/mol. The van der Waals surface area contributed by atoms with Crippen LogP contribution >= 0.6 is 0 Å². The van der Waals surface area contributed by atoms with Crippen molar-refractivity contribution in [3.8, 4) is 17.5 Å². The monoisotopic (exact) mass is 481 g/mol. The van der Waals surface area contributed by atoms with Crippen LogP contribution in [0.5, 0.6) is 17.5 Å². The van der Waals surface area contributed by atoms with Crippen molar-refractivity contribution in [2.24, 2.45) is 0 Å². The van der Waals surface area contributed by atoms with E-state index < -0.39 is 21.7 Å². The number of nitrogens with one attached hydrogen (secondary N) is 1. The van der Waals surface area contributed by atoms with E-state index in [1.807, 2.05) is 0 Å². The van der Waals surface area contributed by atoms with Crippen molar-refractivity contribution in [2.45, 2.75) is 69.6 Å². The Bertz CT molecular complexity index is 1100. The quantitative estimate of drug-likeness (QED) is 0.632. The van der Waals surface area contributed by atoms with E-state index in [0.29, 0.717) is 24.3 Å². The Kier molecular flexibility index (Phi) is 7.72. The van der Waals surface area contributed by atoms with Gasteiger partial charge in [0.1, 0.15) is 12.4 Å². The Morgan fingerprint density at radius 3 is 2.42 bits per heavy atom. The van der Waals surface area contributed by atoms with Gasteiger partial charge < -0.3 is 19.5 Å². The lowest BCUT2D eigenvalue weighted by Gasteiger charge is -2.29. The lowest BCUT2D eigenvalue weighted by molar-refractivity contribution is 0.0994. The fourth-order valence-electron chi connectivity index (χ4n) is 3.44. The second-order valence-corrected chi connectivity index (χ2v) is 10.3. The zero-order valence-electron chi connectivity index (χ0n) is 19.0. The van der Waals surface area contributed by atoms with Gasteiger partial charge in [-0.25, -0.2) is 27.6 Å². The van der Waals surface area contributed by atoms with Crippen molar-refractivity contribution >= 4 is 15.9 Å². The summed E-state index contributed by atoms with van der Waals surface area (Å²) in [6.07, 6.45) is 4.48. The molecule has 1 saturated carbocycles. The molecule has 0 bridgehead atoms. The number of hydrogen-bond donors (Lipinski definition) is 1. The Balaban J connectivity index is 1.62. The second kappa shape index (κ2) is 10.3. The smallest absolute Gasteiger partial charge is 0.407 e. The van der Waals surface area contributed by atoms with E-state index in [9.17, 15) is 17.6 Å². The highest BCUT2D eigenvalue weighted by molar-refractivity contribution is 7.90. The highest BCUT2D eigenvalue weighted by atomic mass is 32.2. The number of nitrogens with zero attached hydrogens (tertiary/aromatic N) is 2. The number of aromatic nitrogens is 2. The minimum absolute atomic E-state index is 0.0272. The molecule has 1 fully saturated rings. The molecule has 33 heavy (non-hydrogen) atoms. The van der Waals surface area contributed by atoms with Gasteiger partial charge in [-0.3, -0.25) is 0 Å². The Hall–Kier alpha value is -2.95. The number of ether oxygens (including phenoxy) is 3. The van der Waals surface area contributed by atoms with Gasteiger partial charge in [-0.1, -0.05) is 0 Å². The summed E-state index contributed by atoms with van der Waals surface area (Å²) in [5.41, 5.74) is 0.491. The van der Waals surface area contributed by atoms with Gasteiger partial charge >= 0.3 is 6.09 Å². The number of amides is 1. The van der Waals surface area contributed by atoms with Gasteiger partial charge in [0.2, 0.25) is 11.8 Å². The Morgan fingerprint density at radius 1 is 1.15 bits per heavy atom. The molecular formula is C22H28FN3O6S. The van der Waals surface area contributed by atoms with Gasteiger partial charge in [-0.05, 0) is 64.7 Å². The number of halogens is 1. The van der Waals surface area contributed by atoms with Crippen molar-refractivity contribution in [3.05, 3.63) is 35.9 Å². The van der Waals surface area contributed by atoms with Crippen molar-refractivity contribution < 1.29 is 31.8 Å². The van der Waals surface area contributed by atoms with Crippen LogP contribution in [0.3, 0.4) is 0 Å². The number of sulfone groups is 1. The van der Waals surface area contributed by atoms with Crippen LogP contribution in [0.25, 0.3) is 0 Å². The molecule has 3 rings (SSSR count). The molecule has 0 spiro atoms. The van der Waals surface area contributed by atoms with Crippen LogP contribution < -0.4 is 14.8 Å². The van der Waals surface area contributed by atoms with Crippen LogP contribution in [0.2, 0.25) is 0 Å². The maximum atomic E-state index is 14.4. The van der Waals surface area contributed by atoms with Crippen molar-refractivity contribution in [1.82, 2.24) is 15.3 Å². The lowest BCUT2D eigenvalue weighted by Crippen LogP contribution is -2.40. The molecule has 11 heteroatoms. The first kappa shape index (κ1) is 24.7. The fraction of sp³-hybridized carbons (Fsp3) is 0.500. The molecule has 0 atom stereocenters. The standard InChI is InChI=1S/C22H28FN3O6S/c1-13(2)30-22(27)26-15-5-7-16(8-6-15)31-20-14(3)21(25-12-24-20)32-19-10-9-17(11-18(19)23)33(4,28)29/h9-13,15-16H,5-8H2,1-4H3,(H,26,27). The normalized spacial score (nSPS) is 18.6. The average Bonchev–Trinajstić information content (AvgIpc) is 2.72. The molecule has 1 N–H and O–H groups in total. The number of carbonyl (C=O) groups excluding carboxylic acids is 1. The maximum Gasteiger partial charge on any atom is 0.407 e. The molecule has 1 amide bonds. The number of benzene rings is 1. The third-order valence-corrected chi connectivity index (χ3v) is 6.26. The van der Waals surface area contributed by atoms with Crippen LogP contribution in [0.1, 0.15) is 45.1 Å². The van der Waals surface area contributed by atoms with Gasteiger partial charge in [0.05, 0.1) is 16.6 Å². The minimum atomic E-state index is -3.53. The summed E-state index contributed by atoms with van der Waals surface area (Å²) in [6.45, 7) is 5.29. The Morgan fingerprint density at radius 2 is 1.82 bits per heavy atom. The predicted molar refractivity (Wildman–Crippen MR) is 118 cm³/mol. The average molecular weight is 482 g/mol. The second-order valence-electron chi connectivity index (χ2n) is 8.27. The minimum Gasteiger partial charge on any atom is -0.474 e. The van der Waals surface area contributed by atoms with Crippen LogP contribution in [0.4, 0.5) is 9.18 Å². The van der Waals surface area contributed by atoms with E-state index >= 15 is 0 Å². The van der Waals surface area contributed by atoms with Crippen LogP contribution in [0, 0.1) is 12.7 Å². The highest BCUT2D eigenvalue weighted by Gasteiger charge is 2.26. The first-order valence-corrected chi connectivity index (χ1v) is 12.5. The molecule has 180 valence electrons. The molecule has 1 aliphatic rings. The zero-order valence-corrected chi connectivity index (χ0v) is 19.8. The number of carbonyl (C=O) groups is 1. The molecule has 1 heterocycles. The van der Waals surface area contributed by atoms with E-state index in [1.165, 1.54) is 18.5 Å². The van der Waals surface area contributed by atoms with Crippen LogP contribution in [-0.4, -0.2) is 49.0 Å². The van der Waals surface area contributed by atoms with E-state index in [4.69, 9.17) is 14.2 Å². The lowest BCUT2D eigenvalue weighted by atomic mass is 9.93. The summed E-state index contributed by atoms with van der Waals surface area (Å²) in [6, 6.07) is 3.44. The van der Waals surface area contributed by atoms with Crippen molar-refractivity contribution in [2.75, 3.05) is 6.26 Å². The van der Waals surface area contributed by atoms with Gasteiger partial charge in [0.25, 0.3) is 0 Å². The third-order valence-electron chi connectivity index (χ3n) is 5.15. The summed E-state index contributed by atoms with van der Waals surface area (Å²) in [5, 5.41) is 2.87. The molecule has 2 aromatic rings. The Labute approximate surface area is 192 Å². The molecule has 9 nitrogen and oxygen atoms in total. The van der Waals surface area contributed by atoms with Crippen LogP contribution in [-0.2, 0) is 14.6 Å². The SMILES string of the molecule is Cc1c(Oc2ccc(S(C)(=O)=O)cc2F)ncnc1OC1CCC(NC(=O)OC(C)C)CC1. The van der Waals surface area contributed by atoms with Crippen molar-refractivity contribution in [3.63, 3.8) is 0 Å². The van der Waals surface area contributed by atoms with Gasteiger partial charge in [0, 0.05) is 12.3 Å². The zero-order chi connectivity index (χ0) is 24.2. The van der Waals surface area contributed by atoms with Gasteiger partial charge in [-0.15, -0.1) is 0 Å². The summed E-state index contributed by atoms with van der Waals surface area (Å²) in [4.78, 5) is 19.8. The molecule has 0 saturated heterocycles.